The summed E-state index contributed by atoms with van der Waals surface area (Å²) in [4.78, 5) is 6.68. The monoisotopic (exact) mass is 298 g/mol. The van der Waals surface area contributed by atoms with Gasteiger partial charge in [0.05, 0.1) is 12.8 Å². The van der Waals surface area contributed by atoms with E-state index < -0.39 is 0 Å². The zero-order chi connectivity index (χ0) is 15.9. The molecule has 2 aromatic rings. The first-order chi connectivity index (χ1) is 10.7. The topological polar surface area (TPSA) is 45.1 Å². The van der Waals surface area contributed by atoms with Gasteiger partial charge in [0.15, 0.2) is 0 Å². The van der Waals surface area contributed by atoms with Gasteiger partial charge in [-0.2, -0.15) is 0 Å². The molecule has 2 aromatic carbocycles. The molecule has 0 aliphatic heterocycles. The molecule has 0 amide bonds. The van der Waals surface area contributed by atoms with Crippen molar-refractivity contribution in [1.29, 1.82) is 0 Å². The van der Waals surface area contributed by atoms with Crippen LogP contribution in [-0.2, 0) is 0 Å². The lowest BCUT2D eigenvalue weighted by Crippen LogP contribution is -2.21. The summed E-state index contributed by atoms with van der Waals surface area (Å²) in [6.45, 7) is 6.25. The van der Waals surface area contributed by atoms with Crippen LogP contribution in [0.1, 0.15) is 19.4 Å². The van der Waals surface area contributed by atoms with Crippen molar-refractivity contribution >= 4 is 17.6 Å². The maximum atomic E-state index is 9.84. The molecule has 0 aromatic heterocycles. The SMILES string of the molecule is CCN(CC)c1ccc(N=Cc2cc(OC)ccc2O)cc1. The molecule has 0 unspecified atom stereocenters. The average Bonchev–Trinajstić information content (AvgIpc) is 2.56. The van der Waals surface area contributed by atoms with Crippen LogP contribution in [0.25, 0.3) is 0 Å². The third kappa shape index (κ3) is 3.79. The smallest absolute Gasteiger partial charge is 0.124 e. The van der Waals surface area contributed by atoms with Gasteiger partial charge in [0.25, 0.3) is 0 Å². The van der Waals surface area contributed by atoms with Gasteiger partial charge in [0.1, 0.15) is 11.5 Å². The van der Waals surface area contributed by atoms with Gasteiger partial charge in [-0.25, -0.2) is 0 Å². The quantitative estimate of drug-likeness (QED) is 0.820. The van der Waals surface area contributed by atoms with Gasteiger partial charge in [-0.3, -0.25) is 4.99 Å². The van der Waals surface area contributed by atoms with Gasteiger partial charge in [0.2, 0.25) is 0 Å². The third-order valence-electron chi connectivity index (χ3n) is 3.57. The number of methoxy groups -OCH3 is 1. The Morgan fingerprint density at radius 3 is 2.36 bits per heavy atom. The first-order valence-corrected chi connectivity index (χ1v) is 7.44. The second-order valence-corrected chi connectivity index (χ2v) is 4.87. The van der Waals surface area contributed by atoms with Crippen molar-refractivity contribution in [2.24, 2.45) is 4.99 Å². The Kier molecular flexibility index (Phi) is 5.42. The molecule has 4 heteroatoms. The van der Waals surface area contributed by atoms with E-state index in [1.54, 1.807) is 31.5 Å². The molecule has 2 rings (SSSR count). The zero-order valence-electron chi connectivity index (χ0n) is 13.3. The molecular weight excluding hydrogens is 276 g/mol. The number of hydrogen-bond acceptors (Lipinski definition) is 4. The number of benzene rings is 2. The van der Waals surface area contributed by atoms with Gasteiger partial charge in [-0.1, -0.05) is 0 Å². The van der Waals surface area contributed by atoms with E-state index in [1.165, 1.54) is 5.69 Å². The molecule has 0 atom stereocenters. The van der Waals surface area contributed by atoms with Crippen LogP contribution in [0.2, 0.25) is 0 Å². The number of phenolic OH excluding ortho intramolecular Hbond substituents is 1. The van der Waals surface area contributed by atoms with Crippen LogP contribution < -0.4 is 9.64 Å². The van der Waals surface area contributed by atoms with E-state index >= 15 is 0 Å². The van der Waals surface area contributed by atoms with Gasteiger partial charge >= 0.3 is 0 Å². The first kappa shape index (κ1) is 15.9. The number of hydrogen-bond donors (Lipinski definition) is 1. The highest BCUT2D eigenvalue weighted by atomic mass is 16.5. The van der Waals surface area contributed by atoms with Crippen molar-refractivity contribution in [2.75, 3.05) is 25.1 Å². The van der Waals surface area contributed by atoms with Crippen LogP contribution in [0.4, 0.5) is 11.4 Å². The molecule has 1 N–H and O–H groups in total. The van der Waals surface area contributed by atoms with Crippen molar-refractivity contribution in [3.05, 3.63) is 48.0 Å². The zero-order valence-corrected chi connectivity index (χ0v) is 13.3. The molecule has 0 aliphatic carbocycles. The van der Waals surface area contributed by atoms with Crippen LogP contribution in [0.5, 0.6) is 11.5 Å². The van der Waals surface area contributed by atoms with Crippen LogP contribution in [-0.4, -0.2) is 31.5 Å². The molecule has 0 fully saturated rings. The van der Waals surface area contributed by atoms with E-state index in [4.69, 9.17) is 4.74 Å². The van der Waals surface area contributed by atoms with E-state index in [2.05, 4.69) is 35.9 Å². The van der Waals surface area contributed by atoms with Gasteiger partial charge < -0.3 is 14.7 Å². The fourth-order valence-corrected chi connectivity index (χ4v) is 2.25. The minimum Gasteiger partial charge on any atom is -0.507 e. The van der Waals surface area contributed by atoms with Crippen molar-refractivity contribution in [3.8, 4) is 11.5 Å². The van der Waals surface area contributed by atoms with Gasteiger partial charge in [0, 0.05) is 30.6 Å². The lowest BCUT2D eigenvalue weighted by atomic mass is 10.2. The summed E-state index contributed by atoms with van der Waals surface area (Å²) in [5.41, 5.74) is 2.67. The molecule has 0 radical (unpaired) electrons. The molecule has 0 bridgehead atoms. The van der Waals surface area contributed by atoms with Crippen molar-refractivity contribution < 1.29 is 9.84 Å². The lowest BCUT2D eigenvalue weighted by Gasteiger charge is -2.20. The minimum absolute atomic E-state index is 0.185. The predicted molar refractivity (Wildman–Crippen MR) is 91.9 cm³/mol. The number of nitrogens with zero attached hydrogens (tertiary/aromatic N) is 2. The maximum Gasteiger partial charge on any atom is 0.124 e. The van der Waals surface area contributed by atoms with Crippen molar-refractivity contribution in [1.82, 2.24) is 0 Å². The van der Waals surface area contributed by atoms with E-state index in [-0.39, 0.29) is 5.75 Å². The highest BCUT2D eigenvalue weighted by molar-refractivity contribution is 5.86. The number of aromatic hydroxyl groups is 1. The molecule has 0 saturated heterocycles. The molecule has 0 spiro atoms. The fraction of sp³-hybridized carbons (Fsp3) is 0.278. The Hall–Kier alpha value is -2.49. The molecule has 0 aliphatic rings. The predicted octanol–water partition coefficient (Wildman–Crippen LogP) is 4.00. The summed E-state index contributed by atoms with van der Waals surface area (Å²) in [5, 5.41) is 9.84. The second kappa shape index (κ2) is 7.50. The van der Waals surface area contributed by atoms with Crippen LogP contribution in [0.3, 0.4) is 0 Å². The summed E-state index contributed by atoms with van der Waals surface area (Å²) in [6, 6.07) is 13.1. The standard InChI is InChI=1S/C18H22N2O2/c1-4-20(5-2)16-8-6-15(7-9-16)19-13-14-12-17(22-3)10-11-18(14)21/h6-13,21H,4-5H2,1-3H3. The molecule has 116 valence electrons. The number of ether oxygens (including phenoxy) is 1. The number of phenols is 1. The number of aliphatic imine (C=N–C) groups is 1. The van der Waals surface area contributed by atoms with E-state index in [1.807, 2.05) is 12.1 Å². The Balaban J connectivity index is 2.17. The van der Waals surface area contributed by atoms with Crippen LogP contribution >= 0.6 is 0 Å². The van der Waals surface area contributed by atoms with Crippen LogP contribution in [0, 0.1) is 0 Å². The van der Waals surface area contributed by atoms with Crippen molar-refractivity contribution in [2.45, 2.75) is 13.8 Å². The van der Waals surface area contributed by atoms with Gasteiger partial charge in [-0.15, -0.1) is 0 Å². The van der Waals surface area contributed by atoms with E-state index in [9.17, 15) is 5.11 Å². The Bertz CT molecular complexity index is 632. The van der Waals surface area contributed by atoms with Crippen molar-refractivity contribution in [3.63, 3.8) is 0 Å². The van der Waals surface area contributed by atoms with Gasteiger partial charge in [-0.05, 0) is 56.3 Å². The molecule has 0 heterocycles. The minimum atomic E-state index is 0.185. The maximum absolute atomic E-state index is 9.84. The first-order valence-electron chi connectivity index (χ1n) is 7.44. The summed E-state index contributed by atoms with van der Waals surface area (Å²) in [5.74, 6) is 0.875. The summed E-state index contributed by atoms with van der Waals surface area (Å²) in [6.07, 6.45) is 1.64. The third-order valence-corrected chi connectivity index (χ3v) is 3.57. The molecule has 22 heavy (non-hydrogen) atoms. The lowest BCUT2D eigenvalue weighted by molar-refractivity contribution is 0.412. The van der Waals surface area contributed by atoms with Crippen LogP contribution in [0.15, 0.2) is 47.5 Å². The largest absolute Gasteiger partial charge is 0.507 e. The summed E-state index contributed by atoms with van der Waals surface area (Å²) in [7, 11) is 1.60. The Morgan fingerprint density at radius 2 is 1.77 bits per heavy atom. The summed E-state index contributed by atoms with van der Waals surface area (Å²) < 4.78 is 5.15. The van der Waals surface area contributed by atoms with E-state index in [0.717, 1.165) is 18.8 Å². The Labute approximate surface area is 131 Å². The summed E-state index contributed by atoms with van der Waals surface area (Å²) >= 11 is 0. The molecule has 0 saturated carbocycles. The molecular formula is C18H22N2O2. The average molecular weight is 298 g/mol. The normalized spacial score (nSPS) is 10.9. The fourth-order valence-electron chi connectivity index (χ4n) is 2.25. The number of rotatable bonds is 6. The second-order valence-electron chi connectivity index (χ2n) is 4.87. The molecule has 4 nitrogen and oxygen atoms in total. The van der Waals surface area contributed by atoms with E-state index in [0.29, 0.717) is 11.3 Å². The number of anilines is 1. The highest BCUT2D eigenvalue weighted by Gasteiger charge is 2.02. The Morgan fingerprint density at radius 1 is 1.09 bits per heavy atom. The highest BCUT2D eigenvalue weighted by Crippen LogP contribution is 2.23.